The van der Waals surface area contributed by atoms with Crippen molar-refractivity contribution in [1.82, 2.24) is 16.0 Å². The minimum atomic E-state index is -0.663. The van der Waals surface area contributed by atoms with Crippen molar-refractivity contribution >= 4 is 5.97 Å². The lowest BCUT2D eigenvalue weighted by molar-refractivity contribution is -0.167. The van der Waals surface area contributed by atoms with Gasteiger partial charge in [0.05, 0.1) is 12.0 Å². The molecular formula is C37H70N4O3. The van der Waals surface area contributed by atoms with Crippen molar-refractivity contribution < 1.29 is 15.0 Å². The number of hydrogen-bond donors (Lipinski definition) is 6. The Bertz CT molecular complexity index is 874. The third kappa shape index (κ3) is 8.59. The van der Waals surface area contributed by atoms with Gasteiger partial charge in [0, 0.05) is 6.04 Å². The lowest BCUT2D eigenvalue weighted by Gasteiger charge is -2.62. The summed E-state index contributed by atoms with van der Waals surface area (Å²) in [6.07, 6.45) is 17.5. The molecule has 7 N–H and O–H groups in total. The summed E-state index contributed by atoms with van der Waals surface area (Å²) < 4.78 is 0. The van der Waals surface area contributed by atoms with E-state index in [2.05, 4.69) is 36.7 Å². The standard InChI is InChI=1S/C37H70N4O3/c1-26(10-7-11-27(2)35(43)44)30-12-13-31-34-32(15-17-37(30,31)4)36(3)16-14-29(24-28(36)25-33(34)42)41-23-9-22-40-20-6-5-19-39-21-8-18-38/h26-34,39-42H,5-25,38H2,1-4H3,(H,43,44)/t26-,27?,28-,29?,30?,31?,32?,33-,34?,36?,37?/m1/s1. The van der Waals surface area contributed by atoms with Crippen LogP contribution in [0.25, 0.3) is 0 Å². The van der Waals surface area contributed by atoms with Crippen LogP contribution in [-0.4, -0.2) is 67.6 Å². The molecule has 4 fully saturated rings. The average Bonchev–Trinajstić information content (AvgIpc) is 3.35. The molecule has 8 unspecified atom stereocenters. The van der Waals surface area contributed by atoms with Crippen LogP contribution in [0.5, 0.6) is 0 Å². The van der Waals surface area contributed by atoms with Crippen LogP contribution >= 0.6 is 0 Å². The highest BCUT2D eigenvalue weighted by atomic mass is 16.4. The second-order valence-electron chi connectivity index (χ2n) is 16.3. The Morgan fingerprint density at radius 1 is 0.818 bits per heavy atom. The first kappa shape index (κ1) is 36.1. The molecule has 0 aliphatic heterocycles. The molecule has 0 radical (unpaired) electrons. The third-order valence-electron chi connectivity index (χ3n) is 13.6. The smallest absolute Gasteiger partial charge is 0.306 e. The summed E-state index contributed by atoms with van der Waals surface area (Å²) in [4.78, 5) is 11.3. The number of fused-ring (bicyclic) bond motifs is 5. The van der Waals surface area contributed by atoms with Crippen molar-refractivity contribution in [2.24, 2.45) is 58.0 Å². The topological polar surface area (TPSA) is 120 Å². The average molecular weight is 619 g/mol. The predicted octanol–water partition coefficient (Wildman–Crippen LogP) is 5.80. The highest BCUT2D eigenvalue weighted by Crippen LogP contribution is 2.68. The van der Waals surface area contributed by atoms with Crippen molar-refractivity contribution in [3.8, 4) is 0 Å². The first-order chi connectivity index (χ1) is 21.1. The van der Waals surface area contributed by atoms with Crippen LogP contribution in [0.2, 0.25) is 0 Å². The van der Waals surface area contributed by atoms with E-state index in [1.165, 1.54) is 64.2 Å². The van der Waals surface area contributed by atoms with E-state index < -0.39 is 5.97 Å². The van der Waals surface area contributed by atoms with Crippen LogP contribution in [0.15, 0.2) is 0 Å². The maximum Gasteiger partial charge on any atom is 0.306 e. The van der Waals surface area contributed by atoms with Gasteiger partial charge in [-0.3, -0.25) is 4.79 Å². The summed E-state index contributed by atoms with van der Waals surface area (Å²) >= 11 is 0. The number of carboxylic acid groups (broad SMARTS) is 1. The highest BCUT2D eigenvalue weighted by molar-refractivity contribution is 5.69. The van der Waals surface area contributed by atoms with E-state index in [4.69, 9.17) is 5.73 Å². The molecule has 7 nitrogen and oxygen atoms in total. The first-order valence-electron chi connectivity index (χ1n) is 18.9. The molecule has 0 spiro atoms. The number of unbranched alkanes of at least 4 members (excludes halogenated alkanes) is 1. The Morgan fingerprint density at radius 3 is 2.18 bits per heavy atom. The van der Waals surface area contributed by atoms with Crippen LogP contribution in [0, 0.1) is 52.3 Å². The fraction of sp³-hybridized carbons (Fsp3) is 0.973. The summed E-state index contributed by atoms with van der Waals surface area (Å²) in [5.41, 5.74) is 6.24. The van der Waals surface area contributed by atoms with Crippen molar-refractivity contribution in [3.63, 3.8) is 0 Å². The monoisotopic (exact) mass is 619 g/mol. The number of carboxylic acids is 1. The van der Waals surface area contributed by atoms with Gasteiger partial charge in [0.2, 0.25) is 0 Å². The molecule has 0 aromatic carbocycles. The van der Waals surface area contributed by atoms with Gasteiger partial charge in [-0.2, -0.15) is 0 Å². The molecule has 4 aliphatic carbocycles. The van der Waals surface area contributed by atoms with Gasteiger partial charge in [0.15, 0.2) is 0 Å². The molecule has 44 heavy (non-hydrogen) atoms. The van der Waals surface area contributed by atoms with Crippen molar-refractivity contribution in [3.05, 3.63) is 0 Å². The lowest BCUT2D eigenvalue weighted by atomic mass is 9.43. The van der Waals surface area contributed by atoms with E-state index in [1.54, 1.807) is 0 Å². The van der Waals surface area contributed by atoms with Gasteiger partial charge in [-0.15, -0.1) is 0 Å². The minimum absolute atomic E-state index is 0.146. The van der Waals surface area contributed by atoms with Gasteiger partial charge in [-0.05, 0) is 169 Å². The summed E-state index contributed by atoms with van der Waals surface area (Å²) in [5.74, 6) is 2.87. The molecule has 0 amide bonds. The summed E-state index contributed by atoms with van der Waals surface area (Å²) in [5, 5.41) is 32.0. The lowest BCUT2D eigenvalue weighted by Crippen LogP contribution is -2.59. The molecule has 4 aliphatic rings. The number of aliphatic carboxylic acids is 1. The molecule has 0 heterocycles. The molecule has 7 heteroatoms. The molecular weight excluding hydrogens is 548 g/mol. The van der Waals surface area contributed by atoms with Crippen molar-refractivity contribution in [2.75, 3.05) is 39.3 Å². The van der Waals surface area contributed by atoms with Crippen LogP contribution < -0.4 is 21.7 Å². The Labute approximate surface area is 270 Å². The number of aliphatic hydroxyl groups is 1. The number of hydrogen-bond acceptors (Lipinski definition) is 6. The maximum atomic E-state index is 11.8. The number of rotatable bonds is 19. The third-order valence-corrected chi connectivity index (χ3v) is 13.6. The summed E-state index contributed by atoms with van der Waals surface area (Å²) in [6.45, 7) is 15.6. The van der Waals surface area contributed by atoms with E-state index >= 15 is 0 Å². The van der Waals surface area contributed by atoms with Crippen LogP contribution in [0.3, 0.4) is 0 Å². The zero-order valence-corrected chi connectivity index (χ0v) is 28.9. The number of aliphatic hydroxyl groups excluding tert-OH is 1. The maximum absolute atomic E-state index is 11.8. The zero-order chi connectivity index (χ0) is 31.7. The second kappa shape index (κ2) is 16.9. The van der Waals surface area contributed by atoms with Crippen molar-refractivity contribution in [1.29, 1.82) is 0 Å². The van der Waals surface area contributed by atoms with Crippen LogP contribution in [0.1, 0.15) is 124 Å². The van der Waals surface area contributed by atoms with Gasteiger partial charge < -0.3 is 31.9 Å². The van der Waals surface area contributed by atoms with E-state index in [9.17, 15) is 15.0 Å². The molecule has 256 valence electrons. The van der Waals surface area contributed by atoms with Crippen LogP contribution in [0.4, 0.5) is 0 Å². The largest absolute Gasteiger partial charge is 0.481 e. The quantitative estimate of drug-likeness (QED) is 0.101. The molecule has 0 aromatic rings. The Morgan fingerprint density at radius 2 is 1.48 bits per heavy atom. The van der Waals surface area contributed by atoms with Crippen LogP contribution in [-0.2, 0) is 4.79 Å². The first-order valence-corrected chi connectivity index (χ1v) is 18.9. The summed E-state index contributed by atoms with van der Waals surface area (Å²) in [6, 6.07) is 0.603. The van der Waals surface area contributed by atoms with E-state index in [0.717, 1.165) is 71.4 Å². The highest BCUT2D eigenvalue weighted by Gasteiger charge is 2.62. The van der Waals surface area contributed by atoms with Gasteiger partial charge in [-0.25, -0.2) is 0 Å². The fourth-order valence-corrected chi connectivity index (χ4v) is 11.0. The molecule has 4 rings (SSSR count). The number of nitrogens with two attached hydrogens (primary N) is 1. The molecule has 0 saturated heterocycles. The SMILES string of the molecule is CC(CCC[C@@H](C)C1CCC2C3C(CCC21C)C1(C)CCC(NCCCNCCCCNCCCN)C[C@@H]1C[C@H]3O)C(=O)O. The summed E-state index contributed by atoms with van der Waals surface area (Å²) in [7, 11) is 0. The van der Waals surface area contributed by atoms with Gasteiger partial charge >= 0.3 is 5.97 Å². The number of carbonyl (C=O) groups is 1. The van der Waals surface area contributed by atoms with Gasteiger partial charge in [-0.1, -0.05) is 40.5 Å². The predicted molar refractivity (Wildman–Crippen MR) is 181 cm³/mol. The van der Waals surface area contributed by atoms with E-state index in [1.807, 2.05) is 6.92 Å². The van der Waals surface area contributed by atoms with Gasteiger partial charge in [0.25, 0.3) is 0 Å². The molecule has 0 aromatic heterocycles. The Balaban J connectivity index is 1.20. The molecule has 11 atom stereocenters. The van der Waals surface area contributed by atoms with E-state index in [0.29, 0.717) is 52.4 Å². The van der Waals surface area contributed by atoms with Crippen molar-refractivity contribution in [2.45, 2.75) is 136 Å². The zero-order valence-electron chi connectivity index (χ0n) is 28.9. The number of nitrogens with one attached hydrogen (secondary N) is 3. The molecule has 4 saturated carbocycles. The van der Waals surface area contributed by atoms with Gasteiger partial charge in [0.1, 0.15) is 0 Å². The Hall–Kier alpha value is -0.730. The molecule has 0 bridgehead atoms. The normalized spacial score (nSPS) is 38.0. The Kier molecular flexibility index (Phi) is 13.9. The minimum Gasteiger partial charge on any atom is -0.481 e. The second-order valence-corrected chi connectivity index (χ2v) is 16.3. The fourth-order valence-electron chi connectivity index (χ4n) is 11.0. The van der Waals surface area contributed by atoms with E-state index in [-0.39, 0.29) is 12.0 Å².